The molecule has 18 heavy (non-hydrogen) atoms. The van der Waals surface area contributed by atoms with Gasteiger partial charge in [-0.15, -0.1) is 0 Å². The molecule has 0 amide bonds. The van der Waals surface area contributed by atoms with E-state index in [9.17, 15) is 0 Å². The number of nitrogens with zero attached hydrogens (tertiary/aromatic N) is 2. The molecule has 0 radical (unpaired) electrons. The first-order valence-corrected chi connectivity index (χ1v) is 5.99. The number of nitrogen functional groups attached to an aromatic ring is 1. The molecule has 5 nitrogen and oxygen atoms in total. The van der Waals surface area contributed by atoms with Gasteiger partial charge in [0.1, 0.15) is 5.82 Å². The third kappa shape index (κ3) is 2.69. The number of aromatic nitrogens is 2. The van der Waals surface area contributed by atoms with Crippen LogP contribution in [0.1, 0.15) is 23.9 Å². The molecule has 2 aromatic rings. The van der Waals surface area contributed by atoms with E-state index in [0.29, 0.717) is 0 Å². The van der Waals surface area contributed by atoms with E-state index in [2.05, 4.69) is 10.4 Å². The van der Waals surface area contributed by atoms with E-state index in [1.54, 1.807) is 6.20 Å². The van der Waals surface area contributed by atoms with E-state index in [1.807, 2.05) is 42.1 Å². The van der Waals surface area contributed by atoms with Crippen molar-refractivity contribution in [3.05, 3.63) is 48.0 Å². The summed E-state index contributed by atoms with van der Waals surface area (Å²) in [6, 6.07) is 7.82. The summed E-state index contributed by atoms with van der Waals surface area (Å²) >= 11 is 0. The van der Waals surface area contributed by atoms with Gasteiger partial charge in [-0.2, -0.15) is 0 Å². The molecule has 1 heterocycles. The van der Waals surface area contributed by atoms with Crippen molar-refractivity contribution >= 4 is 5.69 Å². The average molecular weight is 245 g/mol. The van der Waals surface area contributed by atoms with Gasteiger partial charge >= 0.3 is 0 Å². The standard InChI is InChI=1S/C13H19N5/c1-18-9-8-16-13(18)7-6-12(17-15)10-4-2-3-5-11(10)14/h2-5,8-9,12,17H,6-7,14-15H2,1H3. The predicted molar refractivity (Wildman–Crippen MR) is 72.4 cm³/mol. The predicted octanol–water partition coefficient (Wildman–Crippen LogP) is 1.14. The quantitative estimate of drug-likeness (QED) is 0.419. The van der Waals surface area contributed by atoms with Gasteiger partial charge in [0.2, 0.25) is 0 Å². The zero-order chi connectivity index (χ0) is 13.0. The normalized spacial score (nSPS) is 12.6. The van der Waals surface area contributed by atoms with Crippen LogP contribution in [-0.2, 0) is 13.5 Å². The Hall–Kier alpha value is -1.85. The van der Waals surface area contributed by atoms with Crippen LogP contribution in [0.3, 0.4) is 0 Å². The van der Waals surface area contributed by atoms with Crippen molar-refractivity contribution < 1.29 is 0 Å². The van der Waals surface area contributed by atoms with Crippen molar-refractivity contribution in [2.45, 2.75) is 18.9 Å². The number of nitrogens with two attached hydrogens (primary N) is 2. The fourth-order valence-electron chi connectivity index (χ4n) is 2.07. The van der Waals surface area contributed by atoms with Crippen LogP contribution in [0.15, 0.2) is 36.7 Å². The van der Waals surface area contributed by atoms with Crippen molar-refractivity contribution in [3.8, 4) is 0 Å². The maximum atomic E-state index is 5.96. The summed E-state index contributed by atoms with van der Waals surface area (Å²) in [7, 11) is 1.99. The molecule has 0 fully saturated rings. The number of aryl methyl sites for hydroxylation is 2. The lowest BCUT2D eigenvalue weighted by atomic mass is 10.0. The SMILES string of the molecule is Cn1ccnc1CCC(NN)c1ccccc1N. The minimum Gasteiger partial charge on any atom is -0.398 e. The van der Waals surface area contributed by atoms with Gasteiger partial charge in [-0.1, -0.05) is 18.2 Å². The van der Waals surface area contributed by atoms with E-state index in [4.69, 9.17) is 11.6 Å². The molecule has 1 aromatic carbocycles. The van der Waals surface area contributed by atoms with Crippen LogP contribution < -0.4 is 17.0 Å². The number of hydrogen-bond acceptors (Lipinski definition) is 4. The minimum atomic E-state index is 0.0444. The highest BCUT2D eigenvalue weighted by Crippen LogP contribution is 2.23. The first kappa shape index (κ1) is 12.6. The zero-order valence-corrected chi connectivity index (χ0v) is 10.5. The van der Waals surface area contributed by atoms with E-state index in [-0.39, 0.29) is 6.04 Å². The summed E-state index contributed by atoms with van der Waals surface area (Å²) in [5.41, 5.74) is 10.6. The van der Waals surface area contributed by atoms with E-state index in [0.717, 1.165) is 29.9 Å². The van der Waals surface area contributed by atoms with Gasteiger partial charge in [-0.3, -0.25) is 11.3 Å². The third-order valence-electron chi connectivity index (χ3n) is 3.15. The molecular formula is C13H19N5. The van der Waals surface area contributed by atoms with Crippen LogP contribution in [0, 0.1) is 0 Å². The maximum Gasteiger partial charge on any atom is 0.108 e. The molecule has 0 saturated heterocycles. The second kappa shape index (κ2) is 5.66. The average Bonchev–Trinajstić information content (AvgIpc) is 2.78. The lowest BCUT2D eigenvalue weighted by molar-refractivity contribution is 0.507. The summed E-state index contributed by atoms with van der Waals surface area (Å²) in [5, 5.41) is 0. The molecule has 0 spiro atoms. The zero-order valence-electron chi connectivity index (χ0n) is 10.5. The van der Waals surface area contributed by atoms with Crippen LogP contribution in [0.25, 0.3) is 0 Å². The Labute approximate surface area is 107 Å². The van der Waals surface area contributed by atoms with Crippen molar-refractivity contribution in [1.82, 2.24) is 15.0 Å². The highest BCUT2D eigenvalue weighted by atomic mass is 15.2. The minimum absolute atomic E-state index is 0.0444. The lowest BCUT2D eigenvalue weighted by Crippen LogP contribution is -2.29. The van der Waals surface area contributed by atoms with Crippen molar-refractivity contribution in [3.63, 3.8) is 0 Å². The molecule has 5 N–H and O–H groups in total. The van der Waals surface area contributed by atoms with Gasteiger partial charge in [0, 0.05) is 37.6 Å². The Morgan fingerprint density at radius 3 is 2.78 bits per heavy atom. The molecule has 2 rings (SSSR count). The number of benzene rings is 1. The number of para-hydroxylation sites is 1. The van der Waals surface area contributed by atoms with Gasteiger partial charge in [-0.05, 0) is 18.1 Å². The number of nitrogens with one attached hydrogen (secondary N) is 1. The Kier molecular flexibility index (Phi) is 3.96. The fraction of sp³-hybridized carbons (Fsp3) is 0.308. The second-order valence-corrected chi connectivity index (χ2v) is 4.34. The fourth-order valence-corrected chi connectivity index (χ4v) is 2.07. The Bertz CT molecular complexity index is 506. The van der Waals surface area contributed by atoms with Crippen LogP contribution >= 0.6 is 0 Å². The largest absolute Gasteiger partial charge is 0.398 e. The molecule has 1 aromatic heterocycles. The molecule has 0 aliphatic rings. The number of rotatable bonds is 5. The van der Waals surface area contributed by atoms with E-state index < -0.39 is 0 Å². The summed E-state index contributed by atoms with van der Waals surface area (Å²) < 4.78 is 2.02. The second-order valence-electron chi connectivity index (χ2n) is 4.34. The van der Waals surface area contributed by atoms with Gasteiger partial charge < -0.3 is 10.3 Å². The summed E-state index contributed by atoms with van der Waals surface area (Å²) in [6.07, 6.45) is 5.45. The first-order chi connectivity index (χ1) is 8.72. The smallest absolute Gasteiger partial charge is 0.108 e. The Balaban J connectivity index is 2.07. The highest BCUT2D eigenvalue weighted by Gasteiger charge is 2.13. The van der Waals surface area contributed by atoms with E-state index in [1.165, 1.54) is 0 Å². The van der Waals surface area contributed by atoms with Gasteiger partial charge in [0.15, 0.2) is 0 Å². The topological polar surface area (TPSA) is 81.9 Å². The molecular weight excluding hydrogens is 226 g/mol. The Morgan fingerprint density at radius 2 is 2.17 bits per heavy atom. The van der Waals surface area contributed by atoms with Crippen molar-refractivity contribution in [2.75, 3.05) is 5.73 Å². The summed E-state index contributed by atoms with van der Waals surface area (Å²) in [5.74, 6) is 6.66. The third-order valence-corrected chi connectivity index (χ3v) is 3.15. The molecule has 1 unspecified atom stereocenters. The summed E-state index contributed by atoms with van der Waals surface area (Å²) in [4.78, 5) is 4.30. The van der Waals surface area contributed by atoms with Gasteiger partial charge in [0.25, 0.3) is 0 Å². The van der Waals surface area contributed by atoms with E-state index >= 15 is 0 Å². The van der Waals surface area contributed by atoms with Gasteiger partial charge in [-0.25, -0.2) is 4.98 Å². The number of imidazole rings is 1. The van der Waals surface area contributed by atoms with Crippen LogP contribution in [0.5, 0.6) is 0 Å². The Morgan fingerprint density at radius 1 is 1.39 bits per heavy atom. The maximum absolute atomic E-state index is 5.96. The number of hydrazine groups is 1. The molecule has 0 saturated carbocycles. The molecule has 5 heteroatoms. The number of hydrogen-bond donors (Lipinski definition) is 3. The lowest BCUT2D eigenvalue weighted by Gasteiger charge is -2.18. The van der Waals surface area contributed by atoms with Gasteiger partial charge in [0.05, 0.1) is 0 Å². The summed E-state index contributed by atoms with van der Waals surface area (Å²) in [6.45, 7) is 0. The van der Waals surface area contributed by atoms with Crippen LogP contribution in [0.2, 0.25) is 0 Å². The number of anilines is 1. The van der Waals surface area contributed by atoms with Crippen LogP contribution in [-0.4, -0.2) is 9.55 Å². The highest BCUT2D eigenvalue weighted by molar-refractivity contribution is 5.48. The molecule has 96 valence electrons. The monoisotopic (exact) mass is 245 g/mol. The first-order valence-electron chi connectivity index (χ1n) is 5.99. The van der Waals surface area contributed by atoms with Crippen molar-refractivity contribution in [1.29, 1.82) is 0 Å². The molecule has 1 atom stereocenters. The molecule has 0 aliphatic heterocycles. The van der Waals surface area contributed by atoms with Crippen molar-refractivity contribution in [2.24, 2.45) is 12.9 Å². The van der Waals surface area contributed by atoms with Crippen LogP contribution in [0.4, 0.5) is 5.69 Å². The molecule has 0 aliphatic carbocycles. The molecule has 0 bridgehead atoms.